The van der Waals surface area contributed by atoms with Crippen LogP contribution >= 0.6 is 31.9 Å². The molecule has 0 aromatic heterocycles. The summed E-state index contributed by atoms with van der Waals surface area (Å²) in [5.41, 5.74) is 4.54. The molecular weight excluding hydrogens is 520 g/mol. The highest BCUT2D eigenvalue weighted by molar-refractivity contribution is 9.10. The summed E-state index contributed by atoms with van der Waals surface area (Å²) < 4.78 is 7.63. The van der Waals surface area contributed by atoms with Crippen LogP contribution in [0.4, 0.5) is 5.69 Å². The van der Waals surface area contributed by atoms with Gasteiger partial charge in [-0.15, -0.1) is 0 Å². The van der Waals surface area contributed by atoms with E-state index in [0.29, 0.717) is 18.0 Å². The average Bonchev–Trinajstić information content (AvgIpc) is 2.74. The highest BCUT2D eigenvalue weighted by atomic mass is 79.9. The summed E-state index contributed by atoms with van der Waals surface area (Å²) in [5.74, 6) is 0.236. The lowest BCUT2D eigenvalue weighted by Gasteiger charge is -2.10. The van der Waals surface area contributed by atoms with E-state index in [-0.39, 0.29) is 5.57 Å². The fourth-order valence-corrected chi connectivity index (χ4v) is 3.70. The van der Waals surface area contributed by atoms with Gasteiger partial charge in [-0.25, -0.2) is 0 Å². The third kappa shape index (κ3) is 6.30. The molecule has 1 N–H and O–H groups in total. The van der Waals surface area contributed by atoms with E-state index in [2.05, 4.69) is 37.2 Å². The molecule has 0 heterocycles. The lowest BCUT2D eigenvalue weighted by atomic mass is 10.1. The van der Waals surface area contributed by atoms with Crippen LogP contribution in [0.5, 0.6) is 5.75 Å². The second-order valence-electron chi connectivity index (χ2n) is 7.05. The quantitative estimate of drug-likeness (QED) is 0.272. The molecule has 31 heavy (non-hydrogen) atoms. The summed E-state index contributed by atoms with van der Waals surface area (Å²) in [6, 6.07) is 21.1. The van der Waals surface area contributed by atoms with Gasteiger partial charge in [0, 0.05) is 10.2 Å². The number of aryl methyl sites for hydroxylation is 2. The second kappa shape index (κ2) is 10.4. The molecule has 4 nitrogen and oxygen atoms in total. The molecule has 6 heteroatoms. The van der Waals surface area contributed by atoms with Crippen molar-refractivity contribution in [3.05, 3.63) is 97.4 Å². The number of benzene rings is 3. The van der Waals surface area contributed by atoms with E-state index in [4.69, 9.17) is 4.74 Å². The molecule has 0 saturated carbocycles. The van der Waals surface area contributed by atoms with Crippen LogP contribution in [0.3, 0.4) is 0 Å². The number of rotatable bonds is 6. The number of nitrogens with zero attached hydrogens (tertiary/aromatic N) is 1. The number of hydrogen-bond donors (Lipinski definition) is 1. The number of ether oxygens (including phenoxy) is 1. The molecule has 0 atom stereocenters. The van der Waals surface area contributed by atoms with E-state index in [0.717, 1.165) is 31.2 Å². The third-order valence-corrected chi connectivity index (χ3v) is 5.72. The molecule has 1 amide bonds. The van der Waals surface area contributed by atoms with Crippen LogP contribution in [-0.4, -0.2) is 5.91 Å². The van der Waals surface area contributed by atoms with Crippen molar-refractivity contribution in [1.29, 1.82) is 5.26 Å². The summed E-state index contributed by atoms with van der Waals surface area (Å²) in [4.78, 5) is 12.6. The third-order valence-electron chi connectivity index (χ3n) is 4.57. The van der Waals surface area contributed by atoms with Crippen molar-refractivity contribution in [2.45, 2.75) is 20.5 Å². The van der Waals surface area contributed by atoms with Gasteiger partial charge in [0.1, 0.15) is 24.0 Å². The number of amides is 1. The molecule has 0 saturated heterocycles. The summed E-state index contributed by atoms with van der Waals surface area (Å²) in [6.07, 6.45) is 1.56. The van der Waals surface area contributed by atoms with Gasteiger partial charge in [-0.2, -0.15) is 5.26 Å². The molecule has 0 aliphatic heterocycles. The zero-order valence-corrected chi connectivity index (χ0v) is 20.2. The first-order valence-corrected chi connectivity index (χ1v) is 11.1. The summed E-state index contributed by atoms with van der Waals surface area (Å²) >= 11 is 6.92. The van der Waals surface area contributed by atoms with Crippen molar-refractivity contribution >= 4 is 49.5 Å². The molecule has 156 valence electrons. The lowest BCUT2D eigenvalue weighted by molar-refractivity contribution is -0.112. The van der Waals surface area contributed by atoms with Crippen LogP contribution in [0, 0.1) is 25.2 Å². The van der Waals surface area contributed by atoms with E-state index >= 15 is 0 Å². The van der Waals surface area contributed by atoms with Gasteiger partial charge < -0.3 is 10.1 Å². The zero-order chi connectivity index (χ0) is 22.4. The summed E-state index contributed by atoms with van der Waals surface area (Å²) in [6.45, 7) is 4.34. The van der Waals surface area contributed by atoms with Crippen molar-refractivity contribution in [1.82, 2.24) is 0 Å². The Hall–Kier alpha value is -2.88. The van der Waals surface area contributed by atoms with Gasteiger partial charge in [0.2, 0.25) is 0 Å². The van der Waals surface area contributed by atoms with Gasteiger partial charge in [-0.1, -0.05) is 51.8 Å². The monoisotopic (exact) mass is 538 g/mol. The number of carbonyl (C=O) groups is 1. The van der Waals surface area contributed by atoms with Crippen LogP contribution in [0.25, 0.3) is 6.08 Å². The SMILES string of the molecule is Cc1ccc(NC(=O)/C(C#N)=C/c2ccc(OCc3ccc(Br)cc3)c(Br)c2)c(C)c1. The van der Waals surface area contributed by atoms with Crippen molar-refractivity contribution in [3.8, 4) is 11.8 Å². The van der Waals surface area contributed by atoms with Crippen LogP contribution < -0.4 is 10.1 Å². The zero-order valence-electron chi connectivity index (χ0n) is 17.1. The number of carbonyl (C=O) groups excluding carboxylic acids is 1. The van der Waals surface area contributed by atoms with Gasteiger partial charge in [-0.3, -0.25) is 4.79 Å². The Bertz CT molecular complexity index is 1180. The molecule has 0 aliphatic carbocycles. The molecule has 3 rings (SSSR count). The molecule has 3 aromatic rings. The van der Waals surface area contributed by atoms with Crippen molar-refractivity contribution in [2.75, 3.05) is 5.32 Å². The normalized spacial score (nSPS) is 11.0. The predicted molar refractivity (Wildman–Crippen MR) is 131 cm³/mol. The first-order chi connectivity index (χ1) is 14.9. The molecule has 0 aliphatic rings. The number of nitriles is 1. The molecule has 0 bridgehead atoms. The van der Waals surface area contributed by atoms with Gasteiger partial charge in [0.05, 0.1) is 4.47 Å². The minimum atomic E-state index is -0.443. The number of nitrogens with one attached hydrogen (secondary N) is 1. The topological polar surface area (TPSA) is 62.1 Å². The molecule has 0 radical (unpaired) electrons. The molecule has 3 aromatic carbocycles. The van der Waals surface area contributed by atoms with Crippen LogP contribution in [-0.2, 0) is 11.4 Å². The Kier molecular flexibility index (Phi) is 7.67. The maximum Gasteiger partial charge on any atom is 0.266 e. The van der Waals surface area contributed by atoms with Crippen molar-refractivity contribution in [2.24, 2.45) is 0 Å². The van der Waals surface area contributed by atoms with Gasteiger partial charge in [0.15, 0.2) is 0 Å². The Labute approximate surface area is 198 Å². The number of hydrogen-bond acceptors (Lipinski definition) is 3. The van der Waals surface area contributed by atoms with E-state index in [1.807, 2.05) is 80.6 Å². The molecule has 0 unspecified atom stereocenters. The van der Waals surface area contributed by atoms with Crippen LogP contribution in [0.15, 0.2) is 75.2 Å². The highest BCUT2D eigenvalue weighted by Gasteiger charge is 2.12. The maximum absolute atomic E-state index is 12.6. The Balaban J connectivity index is 1.71. The Morgan fingerprint density at radius 2 is 1.81 bits per heavy atom. The standard InChI is InChI=1S/C25H20Br2N2O2/c1-16-3-9-23(17(2)11-16)29-25(30)20(14-28)12-19-6-10-24(22(27)13-19)31-15-18-4-7-21(26)8-5-18/h3-13H,15H2,1-2H3,(H,29,30)/b20-12+. The highest BCUT2D eigenvalue weighted by Crippen LogP contribution is 2.28. The predicted octanol–water partition coefficient (Wildman–Crippen LogP) is 6.95. The summed E-state index contributed by atoms with van der Waals surface area (Å²) in [5, 5.41) is 12.3. The first-order valence-electron chi connectivity index (χ1n) is 9.53. The minimum absolute atomic E-state index is 0.0235. The van der Waals surface area contributed by atoms with E-state index < -0.39 is 5.91 Å². The lowest BCUT2D eigenvalue weighted by Crippen LogP contribution is -2.14. The molecule has 0 spiro atoms. The van der Waals surface area contributed by atoms with E-state index in [9.17, 15) is 10.1 Å². The van der Waals surface area contributed by atoms with Crippen LogP contribution in [0.2, 0.25) is 0 Å². The van der Waals surface area contributed by atoms with Crippen LogP contribution in [0.1, 0.15) is 22.3 Å². The minimum Gasteiger partial charge on any atom is -0.488 e. The van der Waals surface area contributed by atoms with Crippen molar-refractivity contribution < 1.29 is 9.53 Å². The fourth-order valence-electron chi connectivity index (χ4n) is 2.92. The van der Waals surface area contributed by atoms with Gasteiger partial charge in [-0.05, 0) is 82.9 Å². The molecular formula is C25H20Br2N2O2. The average molecular weight is 540 g/mol. The van der Waals surface area contributed by atoms with Gasteiger partial charge in [0.25, 0.3) is 5.91 Å². The van der Waals surface area contributed by atoms with Gasteiger partial charge >= 0.3 is 0 Å². The Morgan fingerprint density at radius 1 is 1.06 bits per heavy atom. The molecule has 0 fully saturated rings. The fraction of sp³-hybridized carbons (Fsp3) is 0.120. The smallest absolute Gasteiger partial charge is 0.266 e. The maximum atomic E-state index is 12.6. The number of halogens is 2. The van der Waals surface area contributed by atoms with E-state index in [1.54, 1.807) is 6.08 Å². The number of anilines is 1. The first kappa shape index (κ1) is 22.8. The largest absolute Gasteiger partial charge is 0.488 e. The van der Waals surface area contributed by atoms with E-state index in [1.165, 1.54) is 0 Å². The summed E-state index contributed by atoms with van der Waals surface area (Å²) in [7, 11) is 0. The second-order valence-corrected chi connectivity index (χ2v) is 8.82. The van der Waals surface area contributed by atoms with Crippen molar-refractivity contribution in [3.63, 3.8) is 0 Å². The Morgan fingerprint density at radius 3 is 2.45 bits per heavy atom.